The van der Waals surface area contributed by atoms with Gasteiger partial charge in [0, 0.05) is 0 Å². The first-order chi connectivity index (χ1) is 15.4. The van der Waals surface area contributed by atoms with Crippen molar-refractivity contribution in [3.05, 3.63) is 58.5 Å². The summed E-state index contributed by atoms with van der Waals surface area (Å²) in [5.41, 5.74) is 1.68. The van der Waals surface area contributed by atoms with Crippen molar-refractivity contribution in [3.63, 3.8) is 0 Å². The van der Waals surface area contributed by atoms with E-state index in [9.17, 15) is 14.4 Å². The van der Waals surface area contributed by atoms with Gasteiger partial charge in [-0.3, -0.25) is 14.5 Å². The van der Waals surface area contributed by atoms with Gasteiger partial charge in [0.05, 0.1) is 18.1 Å². The van der Waals surface area contributed by atoms with Crippen molar-refractivity contribution >= 4 is 35.0 Å². The Morgan fingerprint density at radius 3 is 2.62 bits per heavy atom. The lowest BCUT2D eigenvalue weighted by Gasteiger charge is -2.13. The number of nitrogens with zero attached hydrogens (tertiary/aromatic N) is 1. The van der Waals surface area contributed by atoms with E-state index in [-0.39, 0.29) is 29.0 Å². The second-order valence-corrected chi connectivity index (χ2v) is 7.81. The van der Waals surface area contributed by atoms with Gasteiger partial charge in [-0.1, -0.05) is 18.2 Å². The van der Waals surface area contributed by atoms with E-state index >= 15 is 0 Å². The van der Waals surface area contributed by atoms with Gasteiger partial charge in [-0.05, 0) is 67.1 Å². The lowest BCUT2D eigenvalue weighted by molar-refractivity contribution is -0.139. The number of rotatable bonds is 10. The summed E-state index contributed by atoms with van der Waals surface area (Å²) in [4.78, 5) is 37.2. The van der Waals surface area contributed by atoms with Crippen molar-refractivity contribution in [2.75, 3.05) is 26.4 Å². The van der Waals surface area contributed by atoms with Gasteiger partial charge in [-0.15, -0.1) is 0 Å². The van der Waals surface area contributed by atoms with Crippen LogP contribution in [0.15, 0.2) is 47.4 Å². The molecule has 168 valence electrons. The maximum atomic E-state index is 12.7. The molecule has 0 atom stereocenters. The van der Waals surface area contributed by atoms with E-state index in [0.717, 1.165) is 22.2 Å². The predicted molar refractivity (Wildman–Crippen MR) is 120 cm³/mol. The van der Waals surface area contributed by atoms with E-state index in [0.29, 0.717) is 23.7 Å². The molecule has 1 fully saturated rings. The Balaban J connectivity index is 1.67. The van der Waals surface area contributed by atoms with Gasteiger partial charge in [0.25, 0.3) is 11.1 Å². The van der Waals surface area contributed by atoms with Crippen molar-refractivity contribution < 1.29 is 33.7 Å². The molecule has 0 saturated carbocycles. The average molecular weight is 458 g/mol. The summed E-state index contributed by atoms with van der Waals surface area (Å²) in [7, 11) is 0. The van der Waals surface area contributed by atoms with Crippen molar-refractivity contribution in [1.82, 2.24) is 4.90 Å². The molecule has 2 aromatic rings. The van der Waals surface area contributed by atoms with Crippen LogP contribution in [0.3, 0.4) is 0 Å². The highest BCUT2D eigenvalue weighted by Crippen LogP contribution is 2.34. The zero-order valence-electron chi connectivity index (χ0n) is 17.7. The molecule has 1 aliphatic rings. The summed E-state index contributed by atoms with van der Waals surface area (Å²) in [6.07, 6.45) is 1.59. The van der Waals surface area contributed by atoms with Crippen LogP contribution >= 0.6 is 11.8 Å². The van der Waals surface area contributed by atoms with Crippen LogP contribution in [0, 0.1) is 6.92 Å². The minimum atomic E-state index is -1.10. The van der Waals surface area contributed by atoms with E-state index in [1.165, 1.54) is 0 Å². The van der Waals surface area contributed by atoms with Crippen LogP contribution in [0.25, 0.3) is 6.08 Å². The first-order valence-corrected chi connectivity index (χ1v) is 10.7. The van der Waals surface area contributed by atoms with Crippen LogP contribution in [0.5, 0.6) is 17.2 Å². The van der Waals surface area contributed by atoms with Gasteiger partial charge in [0.1, 0.15) is 12.4 Å². The molecule has 2 aromatic carbocycles. The number of carbonyl (C=O) groups excluding carboxylic acids is 2. The first-order valence-electron chi connectivity index (χ1n) is 9.93. The van der Waals surface area contributed by atoms with Gasteiger partial charge >= 0.3 is 5.97 Å². The van der Waals surface area contributed by atoms with E-state index in [1.54, 1.807) is 31.2 Å². The molecule has 0 aliphatic carbocycles. The molecule has 2 amide bonds. The van der Waals surface area contributed by atoms with E-state index in [1.807, 2.05) is 31.2 Å². The second-order valence-electron chi connectivity index (χ2n) is 6.82. The molecule has 9 heteroatoms. The number of carboxylic acids is 1. The molecular weight excluding hydrogens is 434 g/mol. The van der Waals surface area contributed by atoms with Crippen LogP contribution in [0.1, 0.15) is 18.1 Å². The minimum Gasteiger partial charge on any atom is -0.492 e. The van der Waals surface area contributed by atoms with Crippen molar-refractivity contribution in [2.24, 2.45) is 0 Å². The van der Waals surface area contributed by atoms with Crippen molar-refractivity contribution in [1.29, 1.82) is 0 Å². The lowest BCUT2D eigenvalue weighted by atomic mass is 10.2. The molecule has 1 heterocycles. The molecule has 0 bridgehead atoms. The number of carboxylic acid groups (broad SMARTS) is 1. The van der Waals surface area contributed by atoms with Crippen LogP contribution in [-0.4, -0.2) is 53.5 Å². The van der Waals surface area contributed by atoms with E-state index in [2.05, 4.69) is 0 Å². The molecule has 3 rings (SSSR count). The molecule has 1 aliphatic heterocycles. The van der Waals surface area contributed by atoms with Gasteiger partial charge in [0.2, 0.25) is 0 Å². The third-order valence-corrected chi connectivity index (χ3v) is 5.27. The third kappa shape index (κ3) is 6.04. The predicted octanol–water partition coefficient (Wildman–Crippen LogP) is 3.97. The number of aryl methyl sites for hydroxylation is 1. The highest BCUT2D eigenvalue weighted by Gasteiger charge is 2.34. The fourth-order valence-corrected chi connectivity index (χ4v) is 3.81. The maximum Gasteiger partial charge on any atom is 0.341 e. The Morgan fingerprint density at radius 2 is 1.91 bits per heavy atom. The molecule has 1 saturated heterocycles. The largest absolute Gasteiger partial charge is 0.492 e. The lowest BCUT2D eigenvalue weighted by Crippen LogP contribution is -2.32. The number of hydrogen-bond donors (Lipinski definition) is 1. The highest BCUT2D eigenvalue weighted by atomic mass is 32.2. The highest BCUT2D eigenvalue weighted by molar-refractivity contribution is 8.18. The molecule has 0 radical (unpaired) electrons. The molecule has 0 aromatic heterocycles. The van der Waals surface area contributed by atoms with Crippen molar-refractivity contribution in [2.45, 2.75) is 13.8 Å². The van der Waals surface area contributed by atoms with E-state index in [4.69, 9.17) is 19.3 Å². The topological polar surface area (TPSA) is 102 Å². The molecular formula is C23H23NO7S. The number of ether oxygens (including phenoxy) is 3. The summed E-state index contributed by atoms with van der Waals surface area (Å²) in [6.45, 7) is 3.93. The van der Waals surface area contributed by atoms with Crippen molar-refractivity contribution in [3.8, 4) is 17.2 Å². The summed E-state index contributed by atoms with van der Waals surface area (Å²) < 4.78 is 16.4. The van der Waals surface area contributed by atoms with E-state index < -0.39 is 18.5 Å². The van der Waals surface area contributed by atoms with Crippen LogP contribution in [-0.2, 0) is 9.59 Å². The number of amides is 2. The molecule has 8 nitrogen and oxygen atoms in total. The summed E-state index contributed by atoms with van der Waals surface area (Å²) in [5, 5.41) is 8.44. The van der Waals surface area contributed by atoms with Gasteiger partial charge in [-0.25, -0.2) is 4.79 Å². The second kappa shape index (κ2) is 10.7. The Bertz CT molecular complexity index is 1050. The zero-order chi connectivity index (χ0) is 23.1. The summed E-state index contributed by atoms with van der Waals surface area (Å²) in [6, 6.07) is 12.4. The SMILES string of the molecule is CCOc1cc(/C=C2\SC(=O)N(CCOc3cccc(C)c3)C2=O)ccc1OCC(=O)O. The monoisotopic (exact) mass is 457 g/mol. The molecule has 1 N–H and O–H groups in total. The standard InChI is InChI=1S/C23H23NO7S/c1-3-29-19-12-16(7-8-18(19)31-14-21(25)26)13-20-22(27)24(23(28)32-20)9-10-30-17-6-4-5-15(2)11-17/h4-8,11-13H,3,9-10,14H2,1-2H3,(H,25,26)/b20-13-. The number of aliphatic carboxylic acids is 1. The Morgan fingerprint density at radius 1 is 1.09 bits per heavy atom. The first kappa shape index (κ1) is 23.2. The fraction of sp³-hybridized carbons (Fsp3) is 0.261. The number of benzene rings is 2. The fourth-order valence-electron chi connectivity index (χ4n) is 2.95. The average Bonchev–Trinajstić information content (AvgIpc) is 3.01. The van der Waals surface area contributed by atoms with Gasteiger partial charge < -0.3 is 19.3 Å². The Labute approximate surface area is 189 Å². The summed E-state index contributed by atoms with van der Waals surface area (Å²) in [5.74, 6) is -0.171. The zero-order valence-corrected chi connectivity index (χ0v) is 18.5. The van der Waals surface area contributed by atoms with Crippen LogP contribution in [0.4, 0.5) is 4.79 Å². The number of thioether (sulfide) groups is 1. The Kier molecular flexibility index (Phi) is 7.77. The smallest absolute Gasteiger partial charge is 0.341 e. The number of imide groups is 1. The molecule has 0 spiro atoms. The van der Waals surface area contributed by atoms with Crippen LogP contribution < -0.4 is 14.2 Å². The number of hydrogen-bond acceptors (Lipinski definition) is 7. The normalized spacial score (nSPS) is 14.7. The quantitative estimate of drug-likeness (QED) is 0.535. The minimum absolute atomic E-state index is 0.141. The van der Waals surface area contributed by atoms with Crippen LogP contribution in [0.2, 0.25) is 0 Å². The number of carbonyl (C=O) groups is 3. The van der Waals surface area contributed by atoms with Gasteiger partial charge in [0.15, 0.2) is 18.1 Å². The molecule has 0 unspecified atom stereocenters. The third-order valence-electron chi connectivity index (χ3n) is 4.36. The maximum absolute atomic E-state index is 12.7. The van der Waals surface area contributed by atoms with Gasteiger partial charge in [-0.2, -0.15) is 0 Å². The molecule has 32 heavy (non-hydrogen) atoms. The Hall–Kier alpha value is -3.46. The summed E-state index contributed by atoms with van der Waals surface area (Å²) >= 11 is 0.856.